The molecular formula is C14H11ClFNO2. The molecule has 5 heteroatoms. The van der Waals surface area contributed by atoms with Crippen LogP contribution in [0.2, 0.25) is 5.02 Å². The standard InChI is InChI=1S/C14H11ClFNO2/c15-13-7-10(8-17-18)4-5-14(13)19-9-11-2-1-3-12(16)6-11/h1-8,18H,9H2/b17-8+. The summed E-state index contributed by atoms with van der Waals surface area (Å²) in [5.41, 5.74) is 1.38. The predicted molar refractivity (Wildman–Crippen MR) is 71.6 cm³/mol. The highest BCUT2D eigenvalue weighted by atomic mass is 35.5. The molecule has 2 aromatic carbocycles. The third kappa shape index (κ3) is 3.69. The minimum Gasteiger partial charge on any atom is -0.487 e. The second kappa shape index (κ2) is 6.20. The normalized spacial score (nSPS) is 10.8. The van der Waals surface area contributed by atoms with Crippen LogP contribution in [0.5, 0.6) is 5.75 Å². The summed E-state index contributed by atoms with van der Waals surface area (Å²) in [4.78, 5) is 0. The van der Waals surface area contributed by atoms with Crippen molar-refractivity contribution < 1.29 is 14.3 Å². The fourth-order valence-corrected chi connectivity index (χ4v) is 1.81. The Balaban J connectivity index is 2.07. The summed E-state index contributed by atoms with van der Waals surface area (Å²) in [6.45, 7) is 0.227. The second-order valence-electron chi connectivity index (χ2n) is 3.85. The highest BCUT2D eigenvalue weighted by Crippen LogP contribution is 2.25. The lowest BCUT2D eigenvalue weighted by atomic mass is 10.2. The highest BCUT2D eigenvalue weighted by Gasteiger charge is 2.03. The summed E-state index contributed by atoms with van der Waals surface area (Å²) < 4.78 is 18.5. The predicted octanol–water partition coefficient (Wildman–Crippen LogP) is 3.87. The first-order chi connectivity index (χ1) is 9.19. The van der Waals surface area contributed by atoms with E-state index >= 15 is 0 Å². The van der Waals surface area contributed by atoms with Crippen LogP contribution in [0.4, 0.5) is 4.39 Å². The van der Waals surface area contributed by atoms with Crippen molar-refractivity contribution in [1.82, 2.24) is 0 Å². The van der Waals surface area contributed by atoms with Gasteiger partial charge in [0, 0.05) is 0 Å². The van der Waals surface area contributed by atoms with Crippen LogP contribution >= 0.6 is 11.6 Å². The number of hydrogen-bond acceptors (Lipinski definition) is 3. The maximum atomic E-state index is 13.0. The Bertz CT molecular complexity index is 602. The van der Waals surface area contributed by atoms with E-state index in [0.717, 1.165) is 5.56 Å². The van der Waals surface area contributed by atoms with E-state index in [0.29, 0.717) is 16.3 Å². The summed E-state index contributed by atoms with van der Waals surface area (Å²) in [6, 6.07) is 11.1. The number of rotatable bonds is 4. The molecule has 0 radical (unpaired) electrons. The molecule has 0 fully saturated rings. The number of hydrogen-bond donors (Lipinski definition) is 1. The molecule has 19 heavy (non-hydrogen) atoms. The fourth-order valence-electron chi connectivity index (χ4n) is 1.57. The van der Waals surface area contributed by atoms with Crippen LogP contribution in [-0.4, -0.2) is 11.4 Å². The third-order valence-corrected chi connectivity index (χ3v) is 2.74. The van der Waals surface area contributed by atoms with Gasteiger partial charge in [-0.05, 0) is 41.5 Å². The van der Waals surface area contributed by atoms with Crippen LogP contribution in [0.1, 0.15) is 11.1 Å². The van der Waals surface area contributed by atoms with Gasteiger partial charge < -0.3 is 9.94 Å². The largest absolute Gasteiger partial charge is 0.487 e. The van der Waals surface area contributed by atoms with Gasteiger partial charge in [0.15, 0.2) is 0 Å². The number of ether oxygens (including phenoxy) is 1. The molecule has 0 amide bonds. The third-order valence-electron chi connectivity index (χ3n) is 2.45. The Labute approximate surface area is 114 Å². The molecule has 0 atom stereocenters. The Kier molecular flexibility index (Phi) is 4.36. The van der Waals surface area contributed by atoms with Crippen molar-refractivity contribution in [3.63, 3.8) is 0 Å². The van der Waals surface area contributed by atoms with Gasteiger partial charge in [0.25, 0.3) is 0 Å². The first-order valence-electron chi connectivity index (χ1n) is 5.53. The SMILES string of the molecule is O/N=C/c1ccc(OCc2cccc(F)c2)c(Cl)c1. The number of benzene rings is 2. The maximum Gasteiger partial charge on any atom is 0.138 e. The lowest BCUT2D eigenvalue weighted by Gasteiger charge is -2.08. The van der Waals surface area contributed by atoms with Crippen molar-refractivity contribution in [3.05, 3.63) is 64.4 Å². The molecule has 0 aliphatic carbocycles. The molecule has 1 N–H and O–H groups in total. The van der Waals surface area contributed by atoms with Crippen molar-refractivity contribution in [3.8, 4) is 5.75 Å². The smallest absolute Gasteiger partial charge is 0.138 e. The molecule has 2 rings (SSSR count). The molecule has 2 aromatic rings. The second-order valence-corrected chi connectivity index (χ2v) is 4.26. The fraction of sp³-hybridized carbons (Fsp3) is 0.0714. The van der Waals surface area contributed by atoms with E-state index in [4.69, 9.17) is 21.5 Å². The molecular weight excluding hydrogens is 269 g/mol. The van der Waals surface area contributed by atoms with Gasteiger partial charge in [0.05, 0.1) is 11.2 Å². The molecule has 0 saturated heterocycles. The van der Waals surface area contributed by atoms with E-state index in [1.165, 1.54) is 18.3 Å². The Morgan fingerprint density at radius 2 is 2.11 bits per heavy atom. The van der Waals surface area contributed by atoms with Crippen molar-refractivity contribution in [1.29, 1.82) is 0 Å². The molecule has 98 valence electrons. The lowest BCUT2D eigenvalue weighted by molar-refractivity contribution is 0.305. The van der Waals surface area contributed by atoms with Crippen LogP contribution in [-0.2, 0) is 6.61 Å². The molecule has 3 nitrogen and oxygen atoms in total. The molecule has 0 saturated carbocycles. The van der Waals surface area contributed by atoms with Gasteiger partial charge >= 0.3 is 0 Å². The van der Waals surface area contributed by atoms with E-state index in [1.807, 2.05) is 0 Å². The first-order valence-corrected chi connectivity index (χ1v) is 5.91. The molecule has 0 spiro atoms. The zero-order valence-electron chi connectivity index (χ0n) is 9.88. The summed E-state index contributed by atoms with van der Waals surface area (Å²) in [5.74, 6) is 0.183. The summed E-state index contributed by atoms with van der Waals surface area (Å²) in [5, 5.41) is 11.7. The quantitative estimate of drug-likeness (QED) is 0.524. The van der Waals surface area contributed by atoms with Gasteiger partial charge in [-0.15, -0.1) is 0 Å². The van der Waals surface area contributed by atoms with Gasteiger partial charge in [-0.1, -0.05) is 28.9 Å². The Morgan fingerprint density at radius 1 is 1.26 bits per heavy atom. The van der Waals surface area contributed by atoms with Crippen molar-refractivity contribution in [2.24, 2.45) is 5.16 Å². The van der Waals surface area contributed by atoms with E-state index in [1.54, 1.807) is 30.3 Å². The zero-order chi connectivity index (χ0) is 13.7. The summed E-state index contributed by atoms with van der Waals surface area (Å²) in [6.07, 6.45) is 1.27. The molecule has 0 unspecified atom stereocenters. The number of oxime groups is 1. The highest BCUT2D eigenvalue weighted by molar-refractivity contribution is 6.32. The maximum absolute atomic E-state index is 13.0. The number of halogens is 2. The van der Waals surface area contributed by atoms with Gasteiger partial charge in [0.2, 0.25) is 0 Å². The van der Waals surface area contributed by atoms with Crippen molar-refractivity contribution in [2.45, 2.75) is 6.61 Å². The number of nitrogens with zero attached hydrogens (tertiary/aromatic N) is 1. The van der Waals surface area contributed by atoms with Gasteiger partial charge in [0.1, 0.15) is 18.2 Å². The van der Waals surface area contributed by atoms with Crippen molar-refractivity contribution >= 4 is 17.8 Å². The van der Waals surface area contributed by atoms with Gasteiger partial charge in [-0.2, -0.15) is 0 Å². The zero-order valence-corrected chi connectivity index (χ0v) is 10.6. The van der Waals surface area contributed by atoms with Crippen LogP contribution in [0.15, 0.2) is 47.6 Å². The van der Waals surface area contributed by atoms with E-state index in [-0.39, 0.29) is 12.4 Å². The van der Waals surface area contributed by atoms with E-state index in [2.05, 4.69) is 5.16 Å². The molecule has 0 bridgehead atoms. The first kappa shape index (κ1) is 13.4. The molecule has 0 heterocycles. The van der Waals surface area contributed by atoms with Crippen LogP contribution < -0.4 is 4.74 Å². The minimum atomic E-state index is -0.304. The van der Waals surface area contributed by atoms with Crippen LogP contribution in [0.25, 0.3) is 0 Å². The lowest BCUT2D eigenvalue weighted by Crippen LogP contribution is -1.97. The average molecular weight is 280 g/mol. The monoisotopic (exact) mass is 279 g/mol. The van der Waals surface area contributed by atoms with Crippen LogP contribution in [0, 0.1) is 5.82 Å². The van der Waals surface area contributed by atoms with Crippen molar-refractivity contribution in [2.75, 3.05) is 0 Å². The topological polar surface area (TPSA) is 41.8 Å². The molecule has 0 aromatic heterocycles. The minimum absolute atomic E-state index is 0.227. The molecule has 0 aliphatic heterocycles. The Morgan fingerprint density at radius 3 is 2.79 bits per heavy atom. The molecule has 0 aliphatic rings. The van der Waals surface area contributed by atoms with Crippen LogP contribution in [0.3, 0.4) is 0 Å². The Hall–Kier alpha value is -2.07. The van der Waals surface area contributed by atoms with E-state index < -0.39 is 0 Å². The summed E-state index contributed by atoms with van der Waals surface area (Å²) in [7, 11) is 0. The van der Waals surface area contributed by atoms with Gasteiger partial charge in [-0.25, -0.2) is 4.39 Å². The summed E-state index contributed by atoms with van der Waals surface area (Å²) >= 11 is 6.02. The average Bonchev–Trinajstić information content (AvgIpc) is 2.38. The van der Waals surface area contributed by atoms with E-state index in [9.17, 15) is 4.39 Å². The van der Waals surface area contributed by atoms with Gasteiger partial charge in [-0.3, -0.25) is 0 Å².